The van der Waals surface area contributed by atoms with E-state index in [-0.39, 0.29) is 19.8 Å². The maximum Gasteiger partial charge on any atom is 0.344 e. The van der Waals surface area contributed by atoms with Gasteiger partial charge in [0.15, 0.2) is 5.66 Å². The van der Waals surface area contributed by atoms with Gasteiger partial charge in [-0.25, -0.2) is 0 Å². The minimum absolute atomic E-state index is 0.141. The predicted octanol–water partition coefficient (Wildman–Crippen LogP) is 3.38. The summed E-state index contributed by atoms with van der Waals surface area (Å²) in [6, 6.07) is 9.30. The summed E-state index contributed by atoms with van der Waals surface area (Å²) in [6.07, 6.45) is 0. The van der Waals surface area contributed by atoms with Crippen LogP contribution < -0.4 is 0 Å². The van der Waals surface area contributed by atoms with Crippen molar-refractivity contribution in [1.29, 1.82) is 0 Å². The number of esters is 1. The van der Waals surface area contributed by atoms with Crippen LogP contribution in [0.25, 0.3) is 0 Å². The molecule has 1 aromatic rings. The van der Waals surface area contributed by atoms with Gasteiger partial charge in [-0.05, 0) is 26.3 Å². The lowest BCUT2D eigenvalue weighted by Gasteiger charge is -2.22. The van der Waals surface area contributed by atoms with Gasteiger partial charge in [0.2, 0.25) is 0 Å². The highest BCUT2D eigenvalue weighted by Gasteiger charge is 2.38. The Morgan fingerprint density at radius 2 is 1.70 bits per heavy atom. The maximum atomic E-state index is 12.4. The van der Waals surface area contributed by atoms with Gasteiger partial charge in [-0.3, -0.25) is 9.36 Å². The van der Waals surface area contributed by atoms with Gasteiger partial charge in [-0.2, -0.15) is 0 Å². The zero-order chi connectivity index (χ0) is 15.0. The van der Waals surface area contributed by atoms with Crippen LogP contribution in [0.1, 0.15) is 26.3 Å². The highest BCUT2D eigenvalue weighted by Crippen LogP contribution is 2.53. The average Bonchev–Trinajstić information content (AvgIpc) is 2.45. The molecule has 1 atom stereocenters. The Balaban J connectivity index is 2.63. The fraction of sp³-hybridized carbons (Fsp3) is 0.500. The van der Waals surface area contributed by atoms with Gasteiger partial charge in [0, 0.05) is 0 Å². The van der Waals surface area contributed by atoms with Crippen LogP contribution in [0.2, 0.25) is 0 Å². The lowest BCUT2D eigenvalue weighted by atomic mass is 10.2. The van der Waals surface area contributed by atoms with Crippen LogP contribution in [0.5, 0.6) is 0 Å². The van der Waals surface area contributed by atoms with Crippen LogP contribution in [0.15, 0.2) is 30.3 Å². The van der Waals surface area contributed by atoms with Gasteiger partial charge in [0.25, 0.3) is 0 Å². The zero-order valence-electron chi connectivity index (χ0n) is 12.1. The molecule has 0 spiro atoms. The summed E-state index contributed by atoms with van der Waals surface area (Å²) in [5, 5.41) is 0. The lowest BCUT2D eigenvalue weighted by molar-refractivity contribution is -0.144. The minimum atomic E-state index is -3.46. The van der Waals surface area contributed by atoms with Crippen molar-refractivity contribution in [1.82, 2.24) is 0 Å². The molecule has 0 fully saturated rings. The smallest absolute Gasteiger partial charge is 0.344 e. The van der Waals surface area contributed by atoms with Gasteiger partial charge in [0.1, 0.15) is 6.61 Å². The number of ether oxygens (including phenoxy) is 1. The molecule has 6 heteroatoms. The fourth-order valence-corrected chi connectivity index (χ4v) is 3.17. The molecule has 112 valence electrons. The molecule has 0 saturated heterocycles. The molecule has 0 amide bonds. The normalized spacial score (nSPS) is 12.9. The zero-order valence-corrected chi connectivity index (χ0v) is 13.0. The van der Waals surface area contributed by atoms with E-state index in [1.54, 1.807) is 13.8 Å². The third-order valence-corrected chi connectivity index (χ3v) is 5.05. The first kappa shape index (κ1) is 16.9. The van der Waals surface area contributed by atoms with Crippen LogP contribution >= 0.6 is 7.60 Å². The number of rotatable bonds is 8. The molecular weight excluding hydrogens is 279 g/mol. The second-order valence-corrected chi connectivity index (χ2v) is 6.52. The van der Waals surface area contributed by atoms with Crippen LogP contribution in [0.4, 0.5) is 0 Å². The van der Waals surface area contributed by atoms with Crippen molar-refractivity contribution in [2.45, 2.75) is 33.0 Å². The molecule has 0 heterocycles. The van der Waals surface area contributed by atoms with E-state index in [0.29, 0.717) is 0 Å². The van der Waals surface area contributed by atoms with Gasteiger partial charge in [0.05, 0.1) is 13.2 Å². The molecule has 0 aromatic heterocycles. The molecule has 0 aliphatic rings. The molecule has 0 aliphatic carbocycles. The predicted molar refractivity (Wildman–Crippen MR) is 76.6 cm³/mol. The molecule has 0 bridgehead atoms. The Morgan fingerprint density at radius 3 is 2.20 bits per heavy atom. The van der Waals surface area contributed by atoms with Crippen molar-refractivity contribution in [3.8, 4) is 0 Å². The van der Waals surface area contributed by atoms with Crippen LogP contribution in [0.3, 0.4) is 0 Å². The molecular formula is C14H21O5P. The van der Waals surface area contributed by atoms with Crippen LogP contribution in [-0.2, 0) is 29.8 Å². The molecule has 1 rings (SSSR count). The third-order valence-electron chi connectivity index (χ3n) is 2.66. The van der Waals surface area contributed by atoms with Gasteiger partial charge >= 0.3 is 13.6 Å². The Labute approximate surface area is 119 Å². The maximum absolute atomic E-state index is 12.4. The van der Waals surface area contributed by atoms with Gasteiger partial charge in [-0.1, -0.05) is 30.3 Å². The molecule has 0 N–H and O–H groups in total. The number of hydrogen-bond donors (Lipinski definition) is 0. The molecule has 1 unspecified atom stereocenters. The Kier molecular flexibility index (Phi) is 6.93. The summed E-state index contributed by atoms with van der Waals surface area (Å²) in [7, 11) is -3.46. The largest absolute Gasteiger partial charge is 0.460 e. The fourth-order valence-electron chi connectivity index (χ4n) is 1.60. The second-order valence-electron chi connectivity index (χ2n) is 4.14. The summed E-state index contributed by atoms with van der Waals surface area (Å²) < 4.78 is 27.9. The van der Waals surface area contributed by atoms with Crippen LogP contribution in [0, 0.1) is 0 Å². The quantitative estimate of drug-likeness (QED) is 0.544. The van der Waals surface area contributed by atoms with E-state index in [1.807, 2.05) is 30.3 Å². The van der Waals surface area contributed by atoms with E-state index in [9.17, 15) is 9.36 Å². The van der Waals surface area contributed by atoms with E-state index >= 15 is 0 Å². The molecule has 0 radical (unpaired) electrons. The standard InChI is InChI=1S/C14H21O5P/c1-4-18-20(16,19-5-2)12(3)14(15)17-11-13-9-7-6-8-10-13/h6-10,12H,4-5,11H2,1-3H3. The minimum Gasteiger partial charge on any atom is -0.460 e. The SMILES string of the molecule is CCOP(=O)(OCC)C(C)C(=O)OCc1ccccc1. The lowest BCUT2D eigenvalue weighted by Crippen LogP contribution is -2.22. The average molecular weight is 300 g/mol. The monoisotopic (exact) mass is 300 g/mol. The van der Waals surface area contributed by atoms with Gasteiger partial charge < -0.3 is 13.8 Å². The first-order valence-corrected chi connectivity index (χ1v) is 8.24. The summed E-state index contributed by atoms with van der Waals surface area (Å²) >= 11 is 0. The van der Waals surface area contributed by atoms with Crippen molar-refractivity contribution >= 4 is 13.6 Å². The second kappa shape index (κ2) is 8.20. The highest BCUT2D eigenvalue weighted by molar-refractivity contribution is 7.55. The number of benzene rings is 1. The number of hydrogen-bond acceptors (Lipinski definition) is 5. The van der Waals surface area contributed by atoms with Crippen molar-refractivity contribution in [2.75, 3.05) is 13.2 Å². The Morgan fingerprint density at radius 1 is 1.15 bits per heavy atom. The highest BCUT2D eigenvalue weighted by atomic mass is 31.2. The third kappa shape index (κ3) is 4.75. The number of carbonyl (C=O) groups excluding carboxylic acids is 1. The summed E-state index contributed by atoms with van der Waals surface area (Å²) in [5.74, 6) is -0.584. The van der Waals surface area contributed by atoms with E-state index in [1.165, 1.54) is 6.92 Å². The Hall–Kier alpha value is -1.16. The molecule has 1 aromatic carbocycles. The molecule has 20 heavy (non-hydrogen) atoms. The van der Waals surface area contributed by atoms with Gasteiger partial charge in [-0.15, -0.1) is 0 Å². The van der Waals surface area contributed by atoms with E-state index in [2.05, 4.69) is 0 Å². The summed E-state index contributed by atoms with van der Waals surface area (Å²) in [5.41, 5.74) is -0.0678. The molecule has 0 saturated carbocycles. The van der Waals surface area contributed by atoms with Crippen molar-refractivity contribution < 1.29 is 23.1 Å². The van der Waals surface area contributed by atoms with Crippen molar-refractivity contribution in [3.63, 3.8) is 0 Å². The van der Waals surface area contributed by atoms with Crippen molar-refractivity contribution in [2.24, 2.45) is 0 Å². The Bertz CT molecular complexity index is 450. The summed E-state index contributed by atoms with van der Waals surface area (Å²) in [6.45, 7) is 5.48. The first-order valence-electron chi connectivity index (χ1n) is 6.62. The first-order chi connectivity index (χ1) is 9.53. The topological polar surface area (TPSA) is 61.8 Å². The number of carbonyl (C=O) groups is 1. The summed E-state index contributed by atoms with van der Waals surface area (Å²) in [4.78, 5) is 12.0. The van der Waals surface area contributed by atoms with Crippen molar-refractivity contribution in [3.05, 3.63) is 35.9 Å². The van der Waals surface area contributed by atoms with E-state index in [4.69, 9.17) is 13.8 Å². The van der Waals surface area contributed by atoms with E-state index in [0.717, 1.165) is 5.56 Å². The van der Waals surface area contributed by atoms with Crippen LogP contribution in [-0.4, -0.2) is 24.8 Å². The van der Waals surface area contributed by atoms with E-state index < -0.39 is 19.2 Å². The molecule has 0 aliphatic heterocycles. The molecule has 5 nitrogen and oxygen atoms in total.